The third-order valence-electron chi connectivity index (χ3n) is 4.15. The number of amides is 1. The Balaban J connectivity index is 1.71. The van der Waals surface area contributed by atoms with Gasteiger partial charge in [-0.2, -0.15) is 0 Å². The van der Waals surface area contributed by atoms with Crippen LogP contribution in [0.25, 0.3) is 0 Å². The fraction of sp³-hybridized carbons (Fsp3) is 0.263. The Morgan fingerprint density at radius 2 is 1.55 bits per heavy atom. The largest absolute Gasteiger partial charge is 0.341 e. The van der Waals surface area contributed by atoms with E-state index in [2.05, 4.69) is 12.1 Å². The molecule has 0 aromatic heterocycles. The molecule has 0 spiro atoms. The minimum absolute atomic E-state index is 0.0344. The number of hydrogen-bond acceptors (Lipinski definition) is 2. The van der Waals surface area contributed by atoms with Crippen molar-refractivity contribution in [1.82, 2.24) is 4.90 Å². The lowest BCUT2D eigenvalue weighted by Crippen LogP contribution is -2.45. The van der Waals surface area contributed by atoms with E-state index >= 15 is 0 Å². The van der Waals surface area contributed by atoms with Gasteiger partial charge in [0.15, 0.2) is 5.78 Å². The molecule has 1 aliphatic rings. The number of nitrogens with zero attached hydrogens (tertiary/aromatic N) is 1. The molecule has 0 radical (unpaired) electrons. The number of piperidine rings is 1. The molecule has 1 saturated heterocycles. The number of carbonyl (C=O) groups is 2. The van der Waals surface area contributed by atoms with Crippen LogP contribution in [0.1, 0.15) is 23.5 Å². The van der Waals surface area contributed by atoms with Crippen molar-refractivity contribution >= 4 is 11.7 Å². The zero-order chi connectivity index (χ0) is 15.4. The summed E-state index contributed by atoms with van der Waals surface area (Å²) in [6, 6.07) is 19.5. The van der Waals surface area contributed by atoms with Crippen LogP contribution in [0.4, 0.5) is 0 Å². The second-order valence-electron chi connectivity index (χ2n) is 5.62. The number of rotatable bonds is 4. The minimum Gasteiger partial charge on any atom is -0.341 e. The van der Waals surface area contributed by atoms with E-state index in [0.717, 1.165) is 12.0 Å². The zero-order valence-corrected chi connectivity index (χ0v) is 12.4. The Morgan fingerprint density at radius 1 is 0.909 bits per heavy atom. The lowest BCUT2D eigenvalue weighted by atomic mass is 9.88. The molecule has 0 saturated carbocycles. The van der Waals surface area contributed by atoms with Crippen LogP contribution < -0.4 is 0 Å². The number of ketones is 1. The van der Waals surface area contributed by atoms with E-state index in [1.807, 2.05) is 53.4 Å². The van der Waals surface area contributed by atoms with Crippen molar-refractivity contribution in [2.24, 2.45) is 0 Å². The summed E-state index contributed by atoms with van der Waals surface area (Å²) in [5.41, 5.74) is 2.02. The summed E-state index contributed by atoms with van der Waals surface area (Å²) >= 11 is 0. The van der Waals surface area contributed by atoms with Gasteiger partial charge in [0, 0.05) is 19.5 Å². The summed E-state index contributed by atoms with van der Waals surface area (Å²) in [5, 5.41) is 0. The summed E-state index contributed by atoms with van der Waals surface area (Å²) in [5.74, 6) is -0.642. The highest BCUT2D eigenvalue weighted by Crippen LogP contribution is 2.25. The van der Waals surface area contributed by atoms with Gasteiger partial charge in [0.1, 0.15) is 5.92 Å². The fourth-order valence-corrected chi connectivity index (χ4v) is 2.92. The molecule has 0 bridgehead atoms. The van der Waals surface area contributed by atoms with Gasteiger partial charge in [-0.1, -0.05) is 60.7 Å². The van der Waals surface area contributed by atoms with Gasteiger partial charge in [0.25, 0.3) is 0 Å². The van der Waals surface area contributed by atoms with E-state index in [1.165, 1.54) is 5.56 Å². The van der Waals surface area contributed by atoms with Crippen molar-refractivity contribution in [2.75, 3.05) is 13.1 Å². The normalized spacial score (nSPS) is 18.5. The van der Waals surface area contributed by atoms with Crippen molar-refractivity contribution in [3.8, 4) is 0 Å². The van der Waals surface area contributed by atoms with E-state index in [9.17, 15) is 9.59 Å². The standard InChI is InChI=1S/C19H19NO2/c21-17-12-14-20(13-11-15-7-3-1-4-8-15)19(22)18(17)16-9-5-2-6-10-16/h1-10,18H,11-14H2/t18-/m1/s1. The Morgan fingerprint density at radius 3 is 2.23 bits per heavy atom. The molecule has 1 amide bonds. The van der Waals surface area contributed by atoms with Crippen LogP contribution in [0.5, 0.6) is 0 Å². The van der Waals surface area contributed by atoms with E-state index in [-0.39, 0.29) is 11.7 Å². The van der Waals surface area contributed by atoms with Crippen LogP contribution in [0.3, 0.4) is 0 Å². The highest BCUT2D eigenvalue weighted by atomic mass is 16.2. The van der Waals surface area contributed by atoms with Crippen LogP contribution in [0, 0.1) is 0 Å². The molecule has 1 fully saturated rings. The van der Waals surface area contributed by atoms with Crippen molar-refractivity contribution in [2.45, 2.75) is 18.8 Å². The van der Waals surface area contributed by atoms with Crippen LogP contribution >= 0.6 is 0 Å². The Labute approximate surface area is 130 Å². The van der Waals surface area contributed by atoms with Crippen molar-refractivity contribution in [3.63, 3.8) is 0 Å². The summed E-state index contributed by atoms with van der Waals surface area (Å²) in [7, 11) is 0. The monoisotopic (exact) mass is 293 g/mol. The van der Waals surface area contributed by atoms with Gasteiger partial charge in [-0.05, 0) is 17.5 Å². The molecular weight excluding hydrogens is 274 g/mol. The molecule has 0 unspecified atom stereocenters. The van der Waals surface area contributed by atoms with E-state index < -0.39 is 5.92 Å². The maximum atomic E-state index is 12.7. The maximum Gasteiger partial charge on any atom is 0.237 e. The van der Waals surface area contributed by atoms with Gasteiger partial charge in [-0.25, -0.2) is 0 Å². The first-order valence-corrected chi connectivity index (χ1v) is 7.66. The molecule has 1 heterocycles. The second kappa shape index (κ2) is 6.56. The van der Waals surface area contributed by atoms with Crippen molar-refractivity contribution in [1.29, 1.82) is 0 Å². The van der Waals surface area contributed by atoms with Gasteiger partial charge in [-0.15, -0.1) is 0 Å². The van der Waals surface area contributed by atoms with Crippen molar-refractivity contribution < 1.29 is 9.59 Å². The predicted octanol–water partition coefficient (Wildman–Crippen LogP) is 2.81. The van der Waals surface area contributed by atoms with E-state index in [1.54, 1.807) is 0 Å². The predicted molar refractivity (Wildman–Crippen MR) is 85.5 cm³/mol. The first-order valence-electron chi connectivity index (χ1n) is 7.66. The quantitative estimate of drug-likeness (QED) is 0.813. The molecule has 3 nitrogen and oxygen atoms in total. The third-order valence-corrected chi connectivity index (χ3v) is 4.15. The number of Topliss-reactive ketones (excluding diaryl/α,β-unsaturated/α-hetero) is 1. The highest BCUT2D eigenvalue weighted by Gasteiger charge is 2.35. The molecule has 3 rings (SSSR count). The van der Waals surface area contributed by atoms with Crippen molar-refractivity contribution in [3.05, 3.63) is 71.8 Å². The number of carbonyl (C=O) groups excluding carboxylic acids is 2. The Kier molecular flexibility index (Phi) is 4.33. The zero-order valence-electron chi connectivity index (χ0n) is 12.4. The maximum absolute atomic E-state index is 12.7. The average molecular weight is 293 g/mol. The summed E-state index contributed by atoms with van der Waals surface area (Å²) in [6.07, 6.45) is 1.27. The van der Waals surface area contributed by atoms with Gasteiger partial charge < -0.3 is 4.90 Å². The number of likely N-dealkylation sites (tertiary alicyclic amines) is 1. The van der Waals surface area contributed by atoms with Gasteiger partial charge in [0.2, 0.25) is 5.91 Å². The Hall–Kier alpha value is -2.42. The summed E-state index contributed by atoms with van der Waals surface area (Å²) in [6.45, 7) is 1.20. The molecule has 1 aliphatic heterocycles. The lowest BCUT2D eigenvalue weighted by molar-refractivity contribution is -0.141. The molecule has 2 aromatic rings. The van der Waals surface area contributed by atoms with E-state index in [0.29, 0.717) is 19.5 Å². The minimum atomic E-state index is -0.620. The van der Waals surface area contributed by atoms with E-state index in [4.69, 9.17) is 0 Å². The van der Waals surface area contributed by atoms with Crippen LogP contribution in [0.2, 0.25) is 0 Å². The molecular formula is C19H19NO2. The average Bonchev–Trinajstić information content (AvgIpc) is 2.56. The number of hydrogen-bond donors (Lipinski definition) is 0. The second-order valence-corrected chi connectivity index (χ2v) is 5.62. The van der Waals surface area contributed by atoms with Gasteiger partial charge >= 0.3 is 0 Å². The highest BCUT2D eigenvalue weighted by molar-refractivity contribution is 6.08. The first-order chi connectivity index (χ1) is 10.8. The van der Waals surface area contributed by atoms with Crippen LogP contribution in [-0.2, 0) is 16.0 Å². The molecule has 2 aromatic carbocycles. The first kappa shape index (κ1) is 14.5. The molecule has 3 heteroatoms. The smallest absolute Gasteiger partial charge is 0.237 e. The van der Waals surface area contributed by atoms with Crippen LogP contribution in [0.15, 0.2) is 60.7 Å². The van der Waals surface area contributed by atoms with Crippen LogP contribution in [-0.4, -0.2) is 29.7 Å². The molecule has 1 atom stereocenters. The van der Waals surface area contributed by atoms with Gasteiger partial charge in [-0.3, -0.25) is 9.59 Å². The molecule has 22 heavy (non-hydrogen) atoms. The summed E-state index contributed by atoms with van der Waals surface area (Å²) in [4.78, 5) is 26.7. The molecule has 112 valence electrons. The molecule has 0 N–H and O–H groups in total. The number of benzene rings is 2. The summed E-state index contributed by atoms with van der Waals surface area (Å²) < 4.78 is 0. The lowest BCUT2D eigenvalue weighted by Gasteiger charge is -2.31. The third kappa shape index (κ3) is 3.08. The molecule has 0 aliphatic carbocycles. The Bertz CT molecular complexity index is 652. The fourth-order valence-electron chi connectivity index (χ4n) is 2.92. The topological polar surface area (TPSA) is 37.4 Å². The SMILES string of the molecule is O=C1CCN(CCc2ccccc2)C(=O)[C@@H]1c1ccccc1. The van der Waals surface area contributed by atoms with Gasteiger partial charge in [0.05, 0.1) is 0 Å².